The topological polar surface area (TPSA) is 128 Å². The highest BCUT2D eigenvalue weighted by molar-refractivity contribution is 8.18. The number of nitro benzene ring substituents is 1. The van der Waals surface area contributed by atoms with E-state index in [0.717, 1.165) is 16.5 Å². The van der Waals surface area contributed by atoms with Gasteiger partial charge in [0.05, 0.1) is 16.4 Å². The molecule has 1 N–H and O–H groups in total. The molecule has 39 heavy (non-hydrogen) atoms. The van der Waals surface area contributed by atoms with E-state index in [9.17, 15) is 28.9 Å². The molecular formula is C27H22FN3O7S. The van der Waals surface area contributed by atoms with Crippen molar-refractivity contribution in [1.82, 2.24) is 4.90 Å². The van der Waals surface area contributed by atoms with Crippen molar-refractivity contribution in [2.45, 2.75) is 13.5 Å². The van der Waals surface area contributed by atoms with Crippen molar-refractivity contribution in [1.29, 1.82) is 0 Å². The van der Waals surface area contributed by atoms with Crippen LogP contribution in [0, 0.1) is 15.9 Å². The van der Waals surface area contributed by atoms with Gasteiger partial charge in [0.1, 0.15) is 19.0 Å². The van der Waals surface area contributed by atoms with Gasteiger partial charge in [0, 0.05) is 17.8 Å². The number of carbonyl (C=O) groups excluding carboxylic acids is 3. The maximum atomic E-state index is 13.3. The fourth-order valence-electron chi connectivity index (χ4n) is 3.57. The monoisotopic (exact) mass is 551 g/mol. The number of hydrogen-bond donors (Lipinski definition) is 1. The highest BCUT2D eigenvalue weighted by atomic mass is 32.2. The largest absolute Gasteiger partial charge is 0.490 e. The molecule has 10 nitrogen and oxygen atoms in total. The summed E-state index contributed by atoms with van der Waals surface area (Å²) in [6, 6.07) is 16.2. The molecule has 3 aromatic carbocycles. The quantitative estimate of drug-likeness (QED) is 0.202. The van der Waals surface area contributed by atoms with Crippen LogP contribution in [0.2, 0.25) is 0 Å². The summed E-state index contributed by atoms with van der Waals surface area (Å²) in [6.45, 7) is 1.77. The Labute approximate surface area is 226 Å². The number of rotatable bonds is 10. The molecule has 4 rings (SSSR count). The first-order chi connectivity index (χ1) is 18.7. The summed E-state index contributed by atoms with van der Waals surface area (Å²) in [4.78, 5) is 48.9. The van der Waals surface area contributed by atoms with E-state index in [1.807, 2.05) is 0 Å². The fourth-order valence-corrected chi connectivity index (χ4v) is 4.41. The lowest BCUT2D eigenvalue weighted by Crippen LogP contribution is -2.36. The van der Waals surface area contributed by atoms with Gasteiger partial charge in [-0.1, -0.05) is 12.1 Å². The van der Waals surface area contributed by atoms with E-state index >= 15 is 0 Å². The Hall–Kier alpha value is -4.71. The Morgan fingerprint density at radius 1 is 1.08 bits per heavy atom. The number of hydrogen-bond acceptors (Lipinski definition) is 8. The average molecular weight is 552 g/mol. The third kappa shape index (κ3) is 6.99. The third-order valence-corrected chi connectivity index (χ3v) is 6.30. The molecular weight excluding hydrogens is 529 g/mol. The molecule has 1 saturated heterocycles. The van der Waals surface area contributed by atoms with Gasteiger partial charge >= 0.3 is 0 Å². The predicted molar refractivity (Wildman–Crippen MR) is 143 cm³/mol. The molecule has 0 unspecified atom stereocenters. The van der Waals surface area contributed by atoms with Gasteiger partial charge in [-0.2, -0.15) is 0 Å². The maximum Gasteiger partial charge on any atom is 0.294 e. The maximum absolute atomic E-state index is 13.3. The van der Waals surface area contributed by atoms with E-state index in [2.05, 4.69) is 5.32 Å². The van der Waals surface area contributed by atoms with Crippen molar-refractivity contribution < 1.29 is 33.2 Å². The fraction of sp³-hybridized carbons (Fsp3) is 0.148. The number of non-ortho nitro benzene ring substituents is 1. The molecule has 1 fully saturated rings. The number of benzene rings is 3. The van der Waals surface area contributed by atoms with Gasteiger partial charge in [-0.3, -0.25) is 29.4 Å². The second-order valence-corrected chi connectivity index (χ2v) is 9.17. The average Bonchev–Trinajstić information content (AvgIpc) is 3.15. The van der Waals surface area contributed by atoms with Gasteiger partial charge in [0.15, 0.2) is 11.5 Å². The molecule has 0 spiro atoms. The van der Waals surface area contributed by atoms with Crippen LogP contribution in [-0.2, 0) is 16.2 Å². The van der Waals surface area contributed by atoms with E-state index in [-0.39, 0.29) is 22.9 Å². The number of nitrogens with one attached hydrogen (secondary N) is 1. The van der Waals surface area contributed by atoms with Gasteiger partial charge in [-0.05, 0) is 78.4 Å². The van der Waals surface area contributed by atoms with Crippen LogP contribution in [0.4, 0.5) is 20.6 Å². The highest BCUT2D eigenvalue weighted by Gasteiger charge is 2.36. The Kier molecular flexibility index (Phi) is 8.56. The lowest BCUT2D eigenvalue weighted by molar-refractivity contribution is -0.384. The van der Waals surface area contributed by atoms with E-state index in [0.29, 0.717) is 35.4 Å². The molecule has 12 heteroatoms. The number of halogens is 1. The summed E-state index contributed by atoms with van der Waals surface area (Å²) >= 11 is 0.700. The molecule has 0 atom stereocenters. The van der Waals surface area contributed by atoms with Crippen molar-refractivity contribution >= 4 is 46.3 Å². The Balaban J connectivity index is 1.43. The van der Waals surface area contributed by atoms with Crippen LogP contribution in [0.15, 0.2) is 71.6 Å². The summed E-state index contributed by atoms with van der Waals surface area (Å²) in [5, 5.41) is 12.7. The zero-order valence-electron chi connectivity index (χ0n) is 20.6. The smallest absolute Gasteiger partial charge is 0.294 e. The number of nitrogens with zero attached hydrogens (tertiary/aromatic N) is 2. The predicted octanol–water partition coefficient (Wildman–Crippen LogP) is 5.39. The summed E-state index contributed by atoms with van der Waals surface area (Å²) in [6.07, 6.45) is 1.51. The zero-order valence-corrected chi connectivity index (χ0v) is 21.4. The minimum Gasteiger partial charge on any atom is -0.490 e. The molecule has 3 amide bonds. The summed E-state index contributed by atoms with van der Waals surface area (Å²) in [7, 11) is 0. The number of carbonyl (C=O) groups is 3. The second-order valence-electron chi connectivity index (χ2n) is 8.18. The van der Waals surface area contributed by atoms with Crippen molar-refractivity contribution in [3.63, 3.8) is 0 Å². The van der Waals surface area contributed by atoms with E-state index in [1.54, 1.807) is 37.3 Å². The first kappa shape index (κ1) is 27.3. The van der Waals surface area contributed by atoms with E-state index < -0.39 is 34.3 Å². The van der Waals surface area contributed by atoms with Gasteiger partial charge in [0.25, 0.3) is 16.8 Å². The number of amides is 3. The Morgan fingerprint density at radius 2 is 1.85 bits per heavy atom. The van der Waals surface area contributed by atoms with Crippen molar-refractivity contribution in [3.05, 3.63) is 98.7 Å². The lowest BCUT2D eigenvalue weighted by atomic mass is 10.1. The molecule has 1 heterocycles. The summed E-state index contributed by atoms with van der Waals surface area (Å²) < 4.78 is 24.9. The molecule has 0 aromatic heterocycles. The molecule has 0 radical (unpaired) electrons. The van der Waals surface area contributed by atoms with E-state index in [1.165, 1.54) is 36.4 Å². The Morgan fingerprint density at radius 3 is 2.54 bits per heavy atom. The standard InChI is InChI=1S/C27H22FN3O7S/c1-2-37-23-12-18(8-11-22(23)38-16-17-6-9-21(10-7-17)31(35)36)13-24-26(33)30(27(34)39-24)15-25(32)29-20-5-3-4-19(28)14-20/h3-14H,2,15-16H2,1H3,(H,29,32)/b24-13+. The third-order valence-electron chi connectivity index (χ3n) is 5.39. The van der Waals surface area contributed by atoms with Crippen LogP contribution >= 0.6 is 11.8 Å². The van der Waals surface area contributed by atoms with Crippen molar-refractivity contribution in [3.8, 4) is 11.5 Å². The molecule has 1 aliphatic heterocycles. The van der Waals surface area contributed by atoms with Gasteiger partial charge in [-0.15, -0.1) is 0 Å². The van der Waals surface area contributed by atoms with Crippen molar-refractivity contribution in [2.24, 2.45) is 0 Å². The van der Waals surface area contributed by atoms with Gasteiger partial charge in [-0.25, -0.2) is 4.39 Å². The second kappa shape index (κ2) is 12.2. The zero-order chi connectivity index (χ0) is 27.9. The lowest BCUT2D eigenvalue weighted by Gasteiger charge is -2.13. The molecule has 3 aromatic rings. The van der Waals surface area contributed by atoms with Crippen LogP contribution < -0.4 is 14.8 Å². The summed E-state index contributed by atoms with van der Waals surface area (Å²) in [5.41, 5.74) is 1.48. The van der Waals surface area contributed by atoms with Crippen LogP contribution in [0.1, 0.15) is 18.1 Å². The number of anilines is 1. The first-order valence-corrected chi connectivity index (χ1v) is 12.5. The first-order valence-electron chi connectivity index (χ1n) is 11.7. The highest BCUT2D eigenvalue weighted by Crippen LogP contribution is 2.35. The number of thioether (sulfide) groups is 1. The number of nitro groups is 1. The molecule has 200 valence electrons. The molecule has 0 saturated carbocycles. The Bertz CT molecular complexity index is 1460. The van der Waals surface area contributed by atoms with Crippen molar-refractivity contribution in [2.75, 3.05) is 18.5 Å². The minimum atomic E-state index is -0.641. The molecule has 0 bridgehead atoms. The number of ether oxygens (including phenoxy) is 2. The minimum absolute atomic E-state index is 0.0188. The van der Waals surface area contributed by atoms with Crippen LogP contribution in [-0.4, -0.2) is 40.0 Å². The van der Waals surface area contributed by atoms with Gasteiger partial charge < -0.3 is 14.8 Å². The molecule has 0 aliphatic carbocycles. The van der Waals surface area contributed by atoms with E-state index in [4.69, 9.17) is 9.47 Å². The van der Waals surface area contributed by atoms with Crippen LogP contribution in [0.25, 0.3) is 6.08 Å². The summed E-state index contributed by atoms with van der Waals surface area (Å²) in [5.74, 6) is -0.972. The SMILES string of the molecule is CCOc1cc(/C=C2/SC(=O)N(CC(=O)Nc3cccc(F)c3)C2=O)ccc1OCc1ccc([N+](=O)[O-])cc1. The van der Waals surface area contributed by atoms with Crippen LogP contribution in [0.3, 0.4) is 0 Å². The van der Waals surface area contributed by atoms with Gasteiger partial charge in [0.2, 0.25) is 5.91 Å². The number of imide groups is 1. The molecule has 1 aliphatic rings. The van der Waals surface area contributed by atoms with Crippen LogP contribution in [0.5, 0.6) is 11.5 Å². The normalized spacial score (nSPS) is 14.0.